The molecule has 4 nitrogen and oxygen atoms in total. The summed E-state index contributed by atoms with van der Waals surface area (Å²) in [6, 6.07) is 12.0. The number of benzene rings is 2. The van der Waals surface area contributed by atoms with Gasteiger partial charge in [-0.15, -0.1) is 0 Å². The van der Waals surface area contributed by atoms with Crippen molar-refractivity contribution in [1.82, 2.24) is 10.6 Å². The van der Waals surface area contributed by atoms with Crippen molar-refractivity contribution in [2.45, 2.75) is 30.9 Å². The smallest absolute Gasteiger partial charge is 0.191 e. The molecule has 136 valence electrons. The highest BCUT2D eigenvalue weighted by Gasteiger charge is 2.42. The molecule has 0 bridgehead atoms. The molecule has 4 rings (SSSR count). The molecule has 3 atom stereocenters. The first-order valence-electron chi connectivity index (χ1n) is 8.81. The van der Waals surface area contributed by atoms with Crippen molar-refractivity contribution >= 4 is 5.96 Å². The average Bonchev–Trinajstić information content (AvgIpc) is 3.24. The molecular formula is C20H21F2N3O. The summed E-state index contributed by atoms with van der Waals surface area (Å²) in [5, 5.41) is 6.48. The van der Waals surface area contributed by atoms with E-state index in [9.17, 15) is 8.78 Å². The Bertz CT molecular complexity index is 794. The lowest BCUT2D eigenvalue weighted by Gasteiger charge is -2.16. The van der Waals surface area contributed by atoms with Crippen molar-refractivity contribution in [2.24, 2.45) is 4.99 Å². The van der Waals surface area contributed by atoms with Gasteiger partial charge in [0.25, 0.3) is 0 Å². The lowest BCUT2D eigenvalue weighted by atomic mass is 10.1. The normalized spacial score (nSPS) is 24.0. The van der Waals surface area contributed by atoms with E-state index in [0.717, 1.165) is 12.2 Å². The predicted molar refractivity (Wildman–Crippen MR) is 96.6 cm³/mol. The Labute approximate surface area is 151 Å². The van der Waals surface area contributed by atoms with Gasteiger partial charge in [0, 0.05) is 31.0 Å². The van der Waals surface area contributed by atoms with Gasteiger partial charge in [-0.25, -0.2) is 8.78 Å². The molecule has 1 aliphatic carbocycles. The van der Waals surface area contributed by atoms with Crippen LogP contribution in [0.4, 0.5) is 8.78 Å². The number of ether oxygens (including phenoxy) is 1. The molecule has 1 aliphatic heterocycles. The maximum atomic E-state index is 13.9. The molecule has 0 aromatic heterocycles. The average molecular weight is 357 g/mol. The molecular weight excluding hydrogens is 336 g/mol. The van der Waals surface area contributed by atoms with Crippen molar-refractivity contribution in [3.8, 4) is 5.75 Å². The Balaban J connectivity index is 1.30. The Morgan fingerprint density at radius 3 is 2.65 bits per heavy atom. The number of nitrogens with one attached hydrogen (secondary N) is 2. The molecule has 0 radical (unpaired) electrons. The molecule has 2 aliphatic rings. The first-order chi connectivity index (χ1) is 12.7. The van der Waals surface area contributed by atoms with Crippen LogP contribution in [0.5, 0.6) is 5.75 Å². The van der Waals surface area contributed by atoms with E-state index >= 15 is 0 Å². The molecule has 2 aromatic rings. The fraction of sp³-hybridized carbons (Fsp3) is 0.350. The number of halogens is 2. The summed E-state index contributed by atoms with van der Waals surface area (Å²) in [6.07, 6.45) is 1.58. The largest absolute Gasteiger partial charge is 0.488 e. The number of para-hydroxylation sites is 1. The molecule has 0 amide bonds. The minimum absolute atomic E-state index is 0.0192. The molecule has 2 aromatic carbocycles. The van der Waals surface area contributed by atoms with E-state index < -0.39 is 11.6 Å². The first kappa shape index (κ1) is 16.8. The van der Waals surface area contributed by atoms with Crippen molar-refractivity contribution in [3.63, 3.8) is 0 Å². The summed E-state index contributed by atoms with van der Waals surface area (Å²) in [5.74, 6) is 0.411. The summed E-state index contributed by atoms with van der Waals surface area (Å²) in [6.45, 7) is 0.611. The maximum absolute atomic E-state index is 13.9. The Hall–Kier alpha value is -2.63. The van der Waals surface area contributed by atoms with Gasteiger partial charge in [0.05, 0.1) is 6.54 Å². The van der Waals surface area contributed by atoms with Crippen LogP contribution in [0.25, 0.3) is 0 Å². The first-order valence-corrected chi connectivity index (χ1v) is 8.81. The number of rotatable bonds is 4. The molecule has 0 spiro atoms. The Kier molecular flexibility index (Phi) is 4.49. The second-order valence-electron chi connectivity index (χ2n) is 6.73. The number of hydrogen-bond donors (Lipinski definition) is 2. The minimum Gasteiger partial charge on any atom is -0.488 e. The fourth-order valence-electron chi connectivity index (χ4n) is 3.49. The topological polar surface area (TPSA) is 45.7 Å². The van der Waals surface area contributed by atoms with Crippen LogP contribution in [-0.2, 0) is 6.42 Å². The second kappa shape index (κ2) is 6.94. The van der Waals surface area contributed by atoms with E-state index in [1.807, 2.05) is 18.2 Å². The number of fused-ring (bicyclic) bond motifs is 1. The van der Waals surface area contributed by atoms with Gasteiger partial charge in [0.15, 0.2) is 5.96 Å². The molecule has 6 heteroatoms. The highest BCUT2D eigenvalue weighted by Crippen LogP contribution is 2.43. The highest BCUT2D eigenvalue weighted by atomic mass is 19.1. The zero-order valence-corrected chi connectivity index (χ0v) is 14.5. The summed E-state index contributed by atoms with van der Waals surface area (Å²) in [7, 11) is 1.68. The molecule has 2 N–H and O–H groups in total. The third-order valence-electron chi connectivity index (χ3n) is 4.92. The third kappa shape index (κ3) is 3.36. The number of guanidine groups is 1. The van der Waals surface area contributed by atoms with Crippen molar-refractivity contribution in [2.75, 3.05) is 13.6 Å². The molecule has 3 unspecified atom stereocenters. The SMILES string of the molecule is CN=C(NCC1Cc2ccccc2O1)NC1CC1c1c(F)cccc1F. The summed E-state index contributed by atoms with van der Waals surface area (Å²) < 4.78 is 33.7. The second-order valence-corrected chi connectivity index (χ2v) is 6.73. The van der Waals surface area contributed by atoms with Gasteiger partial charge in [0.2, 0.25) is 0 Å². The van der Waals surface area contributed by atoms with Gasteiger partial charge >= 0.3 is 0 Å². The zero-order valence-electron chi connectivity index (χ0n) is 14.5. The lowest BCUT2D eigenvalue weighted by Crippen LogP contribution is -2.43. The van der Waals surface area contributed by atoms with Crippen LogP contribution in [-0.4, -0.2) is 31.7 Å². The summed E-state index contributed by atoms with van der Waals surface area (Å²) in [5.41, 5.74) is 1.37. The van der Waals surface area contributed by atoms with E-state index in [-0.39, 0.29) is 23.6 Å². The number of aliphatic imine (C=N–C) groups is 1. The lowest BCUT2D eigenvalue weighted by molar-refractivity contribution is 0.235. The van der Waals surface area contributed by atoms with E-state index in [4.69, 9.17) is 4.74 Å². The summed E-state index contributed by atoms with van der Waals surface area (Å²) >= 11 is 0. The van der Waals surface area contributed by atoms with Gasteiger partial charge < -0.3 is 15.4 Å². The van der Waals surface area contributed by atoms with Gasteiger partial charge in [-0.3, -0.25) is 4.99 Å². The molecule has 1 heterocycles. The molecule has 26 heavy (non-hydrogen) atoms. The highest BCUT2D eigenvalue weighted by molar-refractivity contribution is 5.80. The van der Waals surface area contributed by atoms with Crippen LogP contribution in [0.15, 0.2) is 47.5 Å². The molecule has 1 fully saturated rings. The summed E-state index contributed by atoms with van der Waals surface area (Å²) in [4.78, 5) is 4.20. The van der Waals surface area contributed by atoms with Crippen molar-refractivity contribution in [1.29, 1.82) is 0 Å². The van der Waals surface area contributed by atoms with Crippen LogP contribution in [0.3, 0.4) is 0 Å². The predicted octanol–water partition coefficient (Wildman–Crippen LogP) is 2.99. The van der Waals surface area contributed by atoms with Crippen LogP contribution < -0.4 is 15.4 Å². The van der Waals surface area contributed by atoms with E-state index in [0.29, 0.717) is 18.9 Å². The van der Waals surface area contributed by atoms with E-state index in [1.165, 1.54) is 23.8 Å². The monoisotopic (exact) mass is 357 g/mol. The maximum Gasteiger partial charge on any atom is 0.191 e. The van der Waals surface area contributed by atoms with Crippen LogP contribution in [0, 0.1) is 11.6 Å². The zero-order chi connectivity index (χ0) is 18.1. The third-order valence-corrected chi connectivity index (χ3v) is 4.92. The fourth-order valence-corrected chi connectivity index (χ4v) is 3.49. The van der Waals surface area contributed by atoms with Crippen LogP contribution in [0.1, 0.15) is 23.5 Å². The van der Waals surface area contributed by atoms with E-state index in [1.54, 1.807) is 7.05 Å². The van der Waals surface area contributed by atoms with Crippen molar-refractivity contribution in [3.05, 3.63) is 65.2 Å². The van der Waals surface area contributed by atoms with Gasteiger partial charge in [0.1, 0.15) is 23.5 Å². The molecule has 1 saturated carbocycles. The Morgan fingerprint density at radius 2 is 1.92 bits per heavy atom. The van der Waals surface area contributed by atoms with Gasteiger partial charge in [-0.2, -0.15) is 0 Å². The molecule has 0 saturated heterocycles. The van der Waals surface area contributed by atoms with Crippen LogP contribution in [0.2, 0.25) is 0 Å². The van der Waals surface area contributed by atoms with Crippen molar-refractivity contribution < 1.29 is 13.5 Å². The van der Waals surface area contributed by atoms with Gasteiger partial charge in [-0.05, 0) is 30.2 Å². The number of hydrogen-bond acceptors (Lipinski definition) is 2. The minimum atomic E-state index is -0.487. The van der Waals surface area contributed by atoms with E-state index in [2.05, 4.69) is 21.7 Å². The van der Waals surface area contributed by atoms with Gasteiger partial charge in [-0.1, -0.05) is 24.3 Å². The van der Waals surface area contributed by atoms with Crippen LogP contribution >= 0.6 is 0 Å². The standard InChI is InChI=1S/C20H21F2N3O/c1-23-20(24-11-13-9-12-5-2-3-8-18(12)26-13)25-17-10-14(17)19-15(21)6-4-7-16(19)22/h2-8,13-14,17H,9-11H2,1H3,(H2,23,24,25). The Morgan fingerprint density at radius 1 is 1.15 bits per heavy atom. The quantitative estimate of drug-likeness (QED) is 0.653. The number of nitrogens with zero attached hydrogens (tertiary/aromatic N) is 1.